The van der Waals surface area contributed by atoms with E-state index in [1.54, 1.807) is 67.2 Å². The van der Waals surface area contributed by atoms with Crippen molar-refractivity contribution >= 4 is 29.3 Å². The monoisotopic (exact) mass is 547 g/mol. The standard InChI is InChI=1S/C31H50N2O6/c1-17(2)32-24-30(23(36)28(11,12)13,25(37)33(24)18(3)4)31(29(14,15)16)38-21(27(8,9)10)19(22(35)39-31)20(34)26(5,6)7/h17-18H,1-16H3/p+1/t30-,31-/m1/s1. The first-order valence-corrected chi connectivity index (χ1v) is 13.9. The minimum Gasteiger partial charge on any atom is -0.452 e. The second-order valence-corrected chi connectivity index (χ2v) is 15.6. The Balaban J connectivity index is 3.18. The third-order valence-electron chi connectivity index (χ3n) is 7.08. The number of ether oxygens (including phenoxy) is 2. The molecule has 0 aromatic rings. The van der Waals surface area contributed by atoms with E-state index in [1.165, 1.54) is 0 Å². The number of carbonyl (C=O) groups is 4. The van der Waals surface area contributed by atoms with Gasteiger partial charge in [-0.25, -0.2) is 9.59 Å². The second-order valence-electron chi connectivity index (χ2n) is 15.6. The van der Waals surface area contributed by atoms with Crippen molar-refractivity contribution in [2.24, 2.45) is 27.1 Å². The normalized spacial score (nSPS) is 26.2. The minimum atomic E-state index is -2.08. The van der Waals surface area contributed by atoms with Crippen molar-refractivity contribution in [1.29, 1.82) is 0 Å². The summed E-state index contributed by atoms with van der Waals surface area (Å²) < 4.78 is 13.1. The number of ketones is 2. The topological polar surface area (TPSA) is 104 Å². The smallest absolute Gasteiger partial charge is 0.348 e. The van der Waals surface area contributed by atoms with E-state index in [-0.39, 0.29) is 23.4 Å². The number of likely N-dealkylation sites (tertiary alicyclic amines) is 1. The van der Waals surface area contributed by atoms with Gasteiger partial charge in [0.05, 0.1) is 12.1 Å². The third kappa shape index (κ3) is 4.97. The highest BCUT2D eigenvalue weighted by Gasteiger charge is 2.87. The highest BCUT2D eigenvalue weighted by Crippen LogP contribution is 2.60. The molecule has 0 unspecified atom stereocenters. The maximum Gasteiger partial charge on any atom is 0.348 e. The van der Waals surface area contributed by atoms with E-state index in [1.807, 2.05) is 48.5 Å². The highest BCUT2D eigenvalue weighted by atomic mass is 16.7. The maximum absolute atomic E-state index is 14.7. The fraction of sp³-hybridized carbons (Fsp3) is 0.774. The fourth-order valence-corrected chi connectivity index (χ4v) is 5.28. The van der Waals surface area contributed by atoms with Crippen molar-refractivity contribution < 1.29 is 33.6 Å². The molecule has 2 atom stereocenters. The minimum absolute atomic E-state index is 0.120. The Morgan fingerprint density at radius 1 is 0.795 bits per heavy atom. The van der Waals surface area contributed by atoms with Crippen LogP contribution in [0.4, 0.5) is 0 Å². The molecule has 220 valence electrons. The van der Waals surface area contributed by atoms with Gasteiger partial charge < -0.3 is 9.47 Å². The number of cyclic esters (lactones) is 1. The Hall–Kier alpha value is -2.51. The third-order valence-corrected chi connectivity index (χ3v) is 7.08. The summed E-state index contributed by atoms with van der Waals surface area (Å²) in [6, 6.07) is -0.417. The summed E-state index contributed by atoms with van der Waals surface area (Å²) in [5.74, 6) is -3.85. The molecular weight excluding hydrogens is 496 g/mol. The molecule has 0 aromatic heterocycles. The van der Waals surface area contributed by atoms with Crippen LogP contribution in [0.2, 0.25) is 0 Å². The summed E-state index contributed by atoms with van der Waals surface area (Å²) >= 11 is 0. The molecule has 0 bridgehead atoms. The highest BCUT2D eigenvalue weighted by molar-refractivity contribution is 6.37. The Morgan fingerprint density at radius 2 is 1.28 bits per heavy atom. The summed E-state index contributed by atoms with van der Waals surface area (Å²) in [7, 11) is 0. The molecule has 0 saturated carbocycles. The van der Waals surface area contributed by atoms with Gasteiger partial charge >= 0.3 is 17.3 Å². The second kappa shape index (κ2) is 9.55. The molecule has 2 aliphatic heterocycles. The number of allylic oxidation sites excluding steroid dienone is 1. The molecule has 39 heavy (non-hydrogen) atoms. The van der Waals surface area contributed by atoms with Crippen LogP contribution < -0.4 is 4.99 Å². The van der Waals surface area contributed by atoms with E-state index < -0.39 is 56.3 Å². The number of hydrogen-bond acceptors (Lipinski definition) is 6. The molecule has 0 aliphatic carbocycles. The largest absolute Gasteiger partial charge is 0.452 e. The summed E-state index contributed by atoms with van der Waals surface area (Å²) in [6.45, 7) is 28.8. The number of rotatable bonds is 5. The Morgan fingerprint density at radius 3 is 1.62 bits per heavy atom. The van der Waals surface area contributed by atoms with Crippen LogP contribution >= 0.6 is 0 Å². The van der Waals surface area contributed by atoms with Gasteiger partial charge in [-0.3, -0.25) is 14.6 Å². The van der Waals surface area contributed by atoms with Crippen LogP contribution in [0.1, 0.15) is 111 Å². The molecule has 1 saturated heterocycles. The molecule has 0 aromatic carbocycles. The van der Waals surface area contributed by atoms with Gasteiger partial charge in [-0.05, 0) is 27.7 Å². The zero-order chi connectivity index (χ0) is 30.9. The van der Waals surface area contributed by atoms with Gasteiger partial charge in [0.2, 0.25) is 0 Å². The van der Waals surface area contributed by atoms with Crippen molar-refractivity contribution in [3.8, 4) is 0 Å². The molecule has 0 spiro atoms. The predicted octanol–water partition coefficient (Wildman–Crippen LogP) is 3.96. The maximum atomic E-state index is 14.7. The van der Waals surface area contributed by atoms with Gasteiger partial charge in [0, 0.05) is 21.7 Å². The number of β-lactam (4-membered cyclic amide) rings is 1. The van der Waals surface area contributed by atoms with Gasteiger partial charge in [0.25, 0.3) is 11.6 Å². The summed E-state index contributed by atoms with van der Waals surface area (Å²) in [5.41, 5.74) is -6.00. The fourth-order valence-electron chi connectivity index (χ4n) is 5.28. The molecule has 1 N–H and O–H groups in total. The number of Topliss-reactive ketones (excluding diaryl/α,β-unsaturated/α-hetero) is 2. The van der Waals surface area contributed by atoms with Crippen molar-refractivity contribution in [3.05, 3.63) is 11.3 Å². The van der Waals surface area contributed by atoms with Crippen LogP contribution in [-0.2, 0) is 28.7 Å². The SMILES string of the molecule is CC(C)[NH+]=C1N(C(C)C)C(=O)[C@]1(C(=O)C(C)(C)C)[C@@]1(C(C)(C)C)OC(=O)C(C(=O)C(C)(C)C)=C(C(C)(C)C)O1. The molecular formula is C31H51N2O6+. The predicted molar refractivity (Wildman–Crippen MR) is 150 cm³/mol. The first-order valence-electron chi connectivity index (χ1n) is 13.9. The zero-order valence-electron chi connectivity index (χ0n) is 27.1. The van der Waals surface area contributed by atoms with E-state index >= 15 is 0 Å². The number of esters is 1. The van der Waals surface area contributed by atoms with Crippen LogP contribution in [0, 0.1) is 27.1 Å². The van der Waals surface area contributed by atoms with E-state index in [0.29, 0.717) is 5.84 Å². The van der Waals surface area contributed by atoms with Crippen molar-refractivity contribution in [3.63, 3.8) is 0 Å². The van der Waals surface area contributed by atoms with Gasteiger partial charge in [-0.1, -0.05) is 83.1 Å². The van der Waals surface area contributed by atoms with Crippen LogP contribution in [0.25, 0.3) is 0 Å². The number of nitrogens with zero attached hydrogens (tertiary/aromatic N) is 1. The molecule has 8 heteroatoms. The molecule has 2 heterocycles. The van der Waals surface area contributed by atoms with Gasteiger partial charge in [-0.2, -0.15) is 4.90 Å². The lowest BCUT2D eigenvalue weighted by Crippen LogP contribution is -2.96. The van der Waals surface area contributed by atoms with E-state index in [4.69, 9.17) is 9.47 Å². The van der Waals surface area contributed by atoms with Crippen LogP contribution in [0.5, 0.6) is 0 Å². The number of amides is 1. The van der Waals surface area contributed by atoms with Crippen LogP contribution in [0.3, 0.4) is 0 Å². The summed E-state index contributed by atoms with van der Waals surface area (Å²) in [6.07, 6.45) is 0. The first-order chi connectivity index (χ1) is 17.2. The number of amidine groups is 1. The van der Waals surface area contributed by atoms with Gasteiger partial charge in [0.15, 0.2) is 11.6 Å². The first kappa shape index (κ1) is 32.7. The van der Waals surface area contributed by atoms with E-state index in [9.17, 15) is 19.2 Å². The summed E-state index contributed by atoms with van der Waals surface area (Å²) in [4.78, 5) is 61.7. The van der Waals surface area contributed by atoms with E-state index in [0.717, 1.165) is 0 Å². The molecule has 8 nitrogen and oxygen atoms in total. The average molecular weight is 548 g/mol. The molecule has 1 amide bonds. The number of hydrogen-bond donors (Lipinski definition) is 1. The van der Waals surface area contributed by atoms with Crippen LogP contribution in [0.15, 0.2) is 11.3 Å². The quantitative estimate of drug-likeness (QED) is 0.242. The Labute approximate surface area is 235 Å². The van der Waals surface area contributed by atoms with E-state index in [2.05, 4.69) is 4.99 Å². The molecule has 1 fully saturated rings. The van der Waals surface area contributed by atoms with Crippen molar-refractivity contribution in [2.75, 3.05) is 0 Å². The molecule has 0 radical (unpaired) electrons. The number of carbonyl (C=O) groups excluding carboxylic acids is 4. The Bertz CT molecular complexity index is 1130. The zero-order valence-corrected chi connectivity index (χ0v) is 27.1. The lowest BCUT2D eigenvalue weighted by molar-refractivity contribution is -0.508. The molecule has 2 rings (SSSR count). The van der Waals surface area contributed by atoms with Crippen molar-refractivity contribution in [1.82, 2.24) is 4.90 Å². The lowest BCUT2D eigenvalue weighted by atomic mass is 9.54. The van der Waals surface area contributed by atoms with Gasteiger partial charge in [0.1, 0.15) is 11.3 Å². The average Bonchev–Trinajstić information content (AvgIpc) is 2.69. The Kier molecular flexibility index (Phi) is 8.01. The van der Waals surface area contributed by atoms with Crippen LogP contribution in [-0.4, -0.2) is 52.0 Å². The molecule has 2 aliphatic rings. The summed E-state index contributed by atoms with van der Waals surface area (Å²) in [5, 5.41) is 0. The van der Waals surface area contributed by atoms with Gasteiger partial charge in [-0.15, -0.1) is 0 Å². The number of nitrogens with one attached hydrogen (secondary N) is 1. The lowest BCUT2D eigenvalue weighted by Gasteiger charge is -2.59. The van der Waals surface area contributed by atoms with Crippen molar-refractivity contribution in [2.45, 2.75) is 129 Å².